The summed E-state index contributed by atoms with van der Waals surface area (Å²) in [5, 5.41) is 5.22. The molecule has 100 valence electrons. The number of rotatable bonds is 3. The molecule has 20 heavy (non-hydrogen) atoms. The second-order valence-corrected chi connectivity index (χ2v) is 4.33. The quantitative estimate of drug-likeness (QED) is 0.684. The summed E-state index contributed by atoms with van der Waals surface area (Å²) in [7, 11) is 0. The largest absolute Gasteiger partial charge is 0.461 e. The summed E-state index contributed by atoms with van der Waals surface area (Å²) in [6.45, 7) is 2.12. The summed E-state index contributed by atoms with van der Waals surface area (Å²) in [5.41, 5.74) is 2.16. The zero-order valence-electron chi connectivity index (χ0n) is 11.1. The fourth-order valence-electron chi connectivity index (χ4n) is 2.18. The Bertz CT molecular complexity index is 748. The molecule has 0 aliphatic heterocycles. The summed E-state index contributed by atoms with van der Waals surface area (Å²) in [6, 6.07) is 17.4. The molecular weight excluding hydrogens is 252 g/mol. The molecule has 0 bridgehead atoms. The smallest absolute Gasteiger partial charge is 0.359 e. The fourth-order valence-corrected chi connectivity index (χ4v) is 2.18. The first kappa shape index (κ1) is 12.4. The number of aromatic nitrogens is 2. The van der Waals surface area contributed by atoms with Crippen LogP contribution >= 0.6 is 0 Å². The monoisotopic (exact) mass is 266 g/mol. The fraction of sp³-hybridized carbons (Fsp3) is 0.125. The molecule has 0 aliphatic carbocycles. The summed E-state index contributed by atoms with van der Waals surface area (Å²) in [6.07, 6.45) is 0. The van der Waals surface area contributed by atoms with E-state index in [0.717, 1.165) is 16.6 Å². The minimum absolute atomic E-state index is 0.339. The number of nitrogens with zero attached hydrogens (tertiary/aromatic N) is 2. The maximum atomic E-state index is 12.0. The third-order valence-corrected chi connectivity index (χ3v) is 3.06. The average molecular weight is 266 g/mol. The molecule has 0 fully saturated rings. The molecule has 3 aromatic rings. The first-order valence-electron chi connectivity index (χ1n) is 6.51. The molecule has 0 saturated carbocycles. The van der Waals surface area contributed by atoms with Crippen LogP contribution in [0.15, 0.2) is 54.6 Å². The van der Waals surface area contributed by atoms with E-state index in [1.807, 2.05) is 54.6 Å². The van der Waals surface area contributed by atoms with E-state index in [0.29, 0.717) is 12.3 Å². The van der Waals surface area contributed by atoms with Crippen LogP contribution in [0, 0.1) is 0 Å². The van der Waals surface area contributed by atoms with Crippen LogP contribution in [-0.4, -0.2) is 22.4 Å². The molecule has 3 rings (SSSR count). The van der Waals surface area contributed by atoms with E-state index in [2.05, 4.69) is 5.10 Å². The van der Waals surface area contributed by atoms with Crippen molar-refractivity contribution in [3.63, 3.8) is 0 Å². The normalized spacial score (nSPS) is 10.7. The topological polar surface area (TPSA) is 44.1 Å². The molecule has 0 N–H and O–H groups in total. The van der Waals surface area contributed by atoms with Crippen LogP contribution in [0.4, 0.5) is 0 Å². The van der Waals surface area contributed by atoms with Crippen LogP contribution in [-0.2, 0) is 4.74 Å². The van der Waals surface area contributed by atoms with Gasteiger partial charge in [-0.3, -0.25) is 0 Å². The second kappa shape index (κ2) is 5.17. The van der Waals surface area contributed by atoms with Gasteiger partial charge in [-0.15, -0.1) is 0 Å². The van der Waals surface area contributed by atoms with Crippen LogP contribution in [0.2, 0.25) is 0 Å². The van der Waals surface area contributed by atoms with Crippen LogP contribution in [0.1, 0.15) is 17.4 Å². The second-order valence-electron chi connectivity index (χ2n) is 4.33. The van der Waals surface area contributed by atoms with Gasteiger partial charge in [0.1, 0.15) is 0 Å². The summed E-state index contributed by atoms with van der Waals surface area (Å²) >= 11 is 0. The van der Waals surface area contributed by atoms with E-state index in [1.165, 1.54) is 0 Å². The van der Waals surface area contributed by atoms with E-state index in [4.69, 9.17) is 4.74 Å². The highest BCUT2D eigenvalue weighted by molar-refractivity contribution is 6.02. The van der Waals surface area contributed by atoms with Gasteiger partial charge in [0.25, 0.3) is 0 Å². The Morgan fingerprint density at radius 2 is 1.80 bits per heavy atom. The van der Waals surface area contributed by atoms with E-state index < -0.39 is 5.97 Å². The Hall–Kier alpha value is -2.62. The minimum Gasteiger partial charge on any atom is -0.461 e. The maximum absolute atomic E-state index is 12.0. The number of fused-ring (bicyclic) bond motifs is 1. The lowest BCUT2D eigenvalue weighted by Gasteiger charge is -2.02. The van der Waals surface area contributed by atoms with Gasteiger partial charge in [-0.2, -0.15) is 5.10 Å². The molecule has 0 radical (unpaired) electrons. The molecule has 4 nitrogen and oxygen atoms in total. The highest BCUT2D eigenvalue weighted by atomic mass is 16.5. The van der Waals surface area contributed by atoms with Gasteiger partial charge in [0, 0.05) is 5.39 Å². The van der Waals surface area contributed by atoms with Gasteiger partial charge in [-0.1, -0.05) is 36.4 Å². The molecule has 0 amide bonds. The Kier molecular flexibility index (Phi) is 3.21. The van der Waals surface area contributed by atoms with Crippen molar-refractivity contribution in [2.24, 2.45) is 0 Å². The zero-order valence-corrected chi connectivity index (χ0v) is 11.1. The van der Waals surface area contributed by atoms with E-state index in [-0.39, 0.29) is 0 Å². The Balaban J connectivity index is 2.22. The van der Waals surface area contributed by atoms with Crippen molar-refractivity contribution in [1.29, 1.82) is 0 Å². The van der Waals surface area contributed by atoms with Gasteiger partial charge in [-0.25, -0.2) is 9.48 Å². The van der Waals surface area contributed by atoms with Crippen LogP contribution in [0.3, 0.4) is 0 Å². The predicted molar refractivity (Wildman–Crippen MR) is 77.0 cm³/mol. The number of ether oxygens (including phenoxy) is 1. The molecule has 0 unspecified atom stereocenters. The highest BCUT2D eigenvalue weighted by Gasteiger charge is 2.18. The lowest BCUT2D eigenvalue weighted by molar-refractivity contribution is 0.0521. The maximum Gasteiger partial charge on any atom is 0.359 e. The molecule has 1 aromatic heterocycles. The number of carbonyl (C=O) groups is 1. The van der Waals surface area contributed by atoms with Gasteiger partial charge >= 0.3 is 5.97 Å². The molecule has 2 aromatic carbocycles. The van der Waals surface area contributed by atoms with E-state index in [1.54, 1.807) is 11.6 Å². The molecule has 1 heterocycles. The van der Waals surface area contributed by atoms with Gasteiger partial charge < -0.3 is 4.74 Å². The number of carbonyl (C=O) groups excluding carboxylic acids is 1. The average Bonchev–Trinajstić information content (AvgIpc) is 2.88. The van der Waals surface area contributed by atoms with Crippen molar-refractivity contribution in [3.05, 3.63) is 60.3 Å². The number of para-hydroxylation sites is 2. The van der Waals surface area contributed by atoms with Crippen molar-refractivity contribution in [3.8, 4) is 5.69 Å². The van der Waals surface area contributed by atoms with Crippen molar-refractivity contribution in [2.45, 2.75) is 6.92 Å². The Morgan fingerprint density at radius 1 is 1.10 bits per heavy atom. The third-order valence-electron chi connectivity index (χ3n) is 3.06. The molecule has 0 saturated heterocycles. The Morgan fingerprint density at radius 3 is 2.55 bits per heavy atom. The summed E-state index contributed by atoms with van der Waals surface area (Å²) < 4.78 is 6.84. The van der Waals surface area contributed by atoms with Crippen molar-refractivity contribution >= 4 is 16.9 Å². The summed E-state index contributed by atoms with van der Waals surface area (Å²) in [4.78, 5) is 12.0. The molecular formula is C16H14N2O2. The minimum atomic E-state index is -0.390. The van der Waals surface area contributed by atoms with Crippen LogP contribution in [0.25, 0.3) is 16.6 Å². The van der Waals surface area contributed by atoms with Gasteiger partial charge in [0.05, 0.1) is 17.8 Å². The van der Waals surface area contributed by atoms with Gasteiger partial charge in [-0.05, 0) is 25.1 Å². The first-order valence-corrected chi connectivity index (χ1v) is 6.51. The predicted octanol–water partition coefficient (Wildman–Crippen LogP) is 3.20. The highest BCUT2D eigenvalue weighted by Crippen LogP contribution is 2.22. The standard InChI is InChI=1S/C16H14N2O2/c1-2-20-16(19)15-13-10-6-7-11-14(13)18(17-15)12-8-4-3-5-9-12/h3-11H,2H2,1H3. The number of hydrogen-bond donors (Lipinski definition) is 0. The Labute approximate surface area is 116 Å². The van der Waals surface area contributed by atoms with Gasteiger partial charge in [0.2, 0.25) is 0 Å². The van der Waals surface area contributed by atoms with E-state index in [9.17, 15) is 4.79 Å². The lowest BCUT2D eigenvalue weighted by Crippen LogP contribution is -2.06. The van der Waals surface area contributed by atoms with E-state index >= 15 is 0 Å². The number of esters is 1. The number of benzene rings is 2. The van der Waals surface area contributed by atoms with Crippen molar-refractivity contribution in [1.82, 2.24) is 9.78 Å². The molecule has 0 spiro atoms. The molecule has 0 aliphatic rings. The molecule has 4 heteroatoms. The first-order chi connectivity index (χ1) is 9.81. The van der Waals surface area contributed by atoms with Crippen molar-refractivity contribution in [2.75, 3.05) is 6.61 Å². The lowest BCUT2D eigenvalue weighted by atomic mass is 10.2. The van der Waals surface area contributed by atoms with Gasteiger partial charge in [0.15, 0.2) is 5.69 Å². The molecule has 0 atom stereocenters. The zero-order chi connectivity index (χ0) is 13.9. The third kappa shape index (κ3) is 2.05. The van der Waals surface area contributed by atoms with Crippen molar-refractivity contribution < 1.29 is 9.53 Å². The summed E-state index contributed by atoms with van der Waals surface area (Å²) in [5.74, 6) is -0.390. The number of hydrogen-bond acceptors (Lipinski definition) is 3. The van der Waals surface area contributed by atoms with Crippen LogP contribution < -0.4 is 0 Å². The van der Waals surface area contributed by atoms with Crippen LogP contribution in [0.5, 0.6) is 0 Å². The SMILES string of the molecule is CCOC(=O)c1nn(-c2ccccc2)c2ccccc12.